The van der Waals surface area contributed by atoms with Crippen LogP contribution in [0.1, 0.15) is 44.2 Å². The predicted molar refractivity (Wildman–Crippen MR) is 73.1 cm³/mol. The van der Waals surface area contributed by atoms with Gasteiger partial charge in [0.25, 0.3) is 0 Å². The lowest BCUT2D eigenvalue weighted by Gasteiger charge is -2.32. The number of benzene rings is 1. The summed E-state index contributed by atoms with van der Waals surface area (Å²) in [5.74, 6) is -0.445. The van der Waals surface area contributed by atoms with Crippen molar-refractivity contribution in [3.63, 3.8) is 0 Å². The van der Waals surface area contributed by atoms with Crippen LogP contribution in [0.2, 0.25) is 0 Å². The third-order valence-electron chi connectivity index (χ3n) is 3.92. The molecule has 0 spiro atoms. The van der Waals surface area contributed by atoms with Gasteiger partial charge in [-0.15, -0.1) is 0 Å². The maximum absolute atomic E-state index is 10.9. The molecule has 4 nitrogen and oxygen atoms in total. The summed E-state index contributed by atoms with van der Waals surface area (Å²) in [5.41, 5.74) is 0.905. The van der Waals surface area contributed by atoms with Gasteiger partial charge in [-0.1, -0.05) is 25.1 Å². The van der Waals surface area contributed by atoms with Gasteiger partial charge in [0.05, 0.1) is 6.42 Å². The number of rotatable bonds is 5. The number of aromatic hydroxyl groups is 1. The molecule has 1 fully saturated rings. The monoisotopic (exact) mass is 263 g/mol. The zero-order valence-corrected chi connectivity index (χ0v) is 11.2. The number of carboxylic acids is 1. The smallest absolute Gasteiger partial charge is 0.304 e. The zero-order valence-electron chi connectivity index (χ0n) is 11.2. The summed E-state index contributed by atoms with van der Waals surface area (Å²) in [4.78, 5) is 13.2. The Hall–Kier alpha value is -1.55. The fourth-order valence-electron chi connectivity index (χ4n) is 3.09. The molecule has 1 saturated heterocycles. The number of aliphatic carboxylic acids is 1. The van der Waals surface area contributed by atoms with Crippen LogP contribution in [0.25, 0.3) is 0 Å². The Balaban J connectivity index is 2.21. The largest absolute Gasteiger partial charge is 0.508 e. The number of para-hydroxylation sites is 1. The summed E-state index contributed by atoms with van der Waals surface area (Å²) in [7, 11) is 0. The molecule has 1 heterocycles. The maximum atomic E-state index is 10.9. The Bertz CT molecular complexity index is 447. The molecule has 19 heavy (non-hydrogen) atoms. The standard InChI is InChI=1S/C15H21NO3/c1-2-13(12-7-3-4-8-14(12)17)16-9-5-6-11(16)10-15(18)19/h3-4,7-8,11,13,17H,2,5-6,9-10H2,1H3,(H,18,19). The number of carbonyl (C=O) groups is 1. The van der Waals surface area contributed by atoms with Crippen molar-refractivity contribution in [2.75, 3.05) is 6.54 Å². The number of nitrogens with zero attached hydrogens (tertiary/aromatic N) is 1. The Labute approximate surface area is 113 Å². The topological polar surface area (TPSA) is 60.8 Å². The predicted octanol–water partition coefficient (Wildman–Crippen LogP) is 2.78. The third kappa shape index (κ3) is 3.07. The van der Waals surface area contributed by atoms with E-state index < -0.39 is 5.97 Å². The van der Waals surface area contributed by atoms with E-state index in [0.717, 1.165) is 31.4 Å². The van der Waals surface area contributed by atoms with Crippen molar-refractivity contribution in [3.05, 3.63) is 29.8 Å². The Kier molecular flexibility index (Phi) is 4.43. The average molecular weight is 263 g/mol. The quantitative estimate of drug-likeness (QED) is 0.857. The lowest BCUT2D eigenvalue weighted by atomic mass is 10.00. The second kappa shape index (κ2) is 6.06. The van der Waals surface area contributed by atoms with E-state index in [9.17, 15) is 9.90 Å². The number of likely N-dealkylation sites (tertiary alicyclic amines) is 1. The van der Waals surface area contributed by atoms with Gasteiger partial charge in [-0.05, 0) is 31.9 Å². The van der Waals surface area contributed by atoms with Crippen LogP contribution in [0.4, 0.5) is 0 Å². The minimum Gasteiger partial charge on any atom is -0.508 e. The van der Waals surface area contributed by atoms with Crippen LogP contribution < -0.4 is 0 Å². The molecule has 2 atom stereocenters. The highest BCUT2D eigenvalue weighted by atomic mass is 16.4. The minimum absolute atomic E-state index is 0.0852. The molecule has 0 amide bonds. The molecule has 1 aliphatic rings. The van der Waals surface area contributed by atoms with Gasteiger partial charge < -0.3 is 10.2 Å². The number of hydrogen-bond acceptors (Lipinski definition) is 3. The lowest BCUT2D eigenvalue weighted by Crippen LogP contribution is -2.34. The number of phenols is 1. The highest BCUT2D eigenvalue weighted by Crippen LogP contribution is 2.36. The average Bonchev–Trinajstić information content (AvgIpc) is 2.80. The van der Waals surface area contributed by atoms with Crippen LogP contribution in [-0.2, 0) is 4.79 Å². The lowest BCUT2D eigenvalue weighted by molar-refractivity contribution is -0.138. The van der Waals surface area contributed by atoms with Gasteiger partial charge in [0.2, 0.25) is 0 Å². The molecule has 1 aliphatic heterocycles. The van der Waals surface area contributed by atoms with Crippen molar-refractivity contribution < 1.29 is 15.0 Å². The number of carboxylic acid groups (broad SMARTS) is 1. The van der Waals surface area contributed by atoms with E-state index in [1.54, 1.807) is 6.07 Å². The minimum atomic E-state index is -0.746. The molecular formula is C15H21NO3. The van der Waals surface area contributed by atoms with Crippen LogP contribution in [0.15, 0.2) is 24.3 Å². The third-order valence-corrected chi connectivity index (χ3v) is 3.92. The summed E-state index contributed by atoms with van der Waals surface area (Å²) >= 11 is 0. The molecule has 0 bridgehead atoms. The fraction of sp³-hybridized carbons (Fsp3) is 0.533. The molecule has 1 aromatic carbocycles. The molecule has 1 aromatic rings. The second-order valence-electron chi connectivity index (χ2n) is 5.11. The molecule has 0 saturated carbocycles. The van der Waals surface area contributed by atoms with Crippen LogP contribution >= 0.6 is 0 Å². The second-order valence-corrected chi connectivity index (χ2v) is 5.11. The normalized spacial score (nSPS) is 21.4. The van der Waals surface area contributed by atoms with Crippen molar-refractivity contribution in [3.8, 4) is 5.75 Å². The maximum Gasteiger partial charge on any atom is 0.304 e. The van der Waals surface area contributed by atoms with Crippen LogP contribution in [-0.4, -0.2) is 33.7 Å². The Morgan fingerprint density at radius 2 is 2.21 bits per heavy atom. The Morgan fingerprint density at radius 3 is 2.84 bits per heavy atom. The van der Waals surface area contributed by atoms with Crippen LogP contribution in [0, 0.1) is 0 Å². The van der Waals surface area contributed by atoms with E-state index >= 15 is 0 Å². The molecule has 104 valence electrons. The van der Waals surface area contributed by atoms with Crippen LogP contribution in [0.3, 0.4) is 0 Å². The van der Waals surface area contributed by atoms with Gasteiger partial charge in [0.1, 0.15) is 5.75 Å². The van der Waals surface area contributed by atoms with Gasteiger partial charge >= 0.3 is 5.97 Å². The van der Waals surface area contributed by atoms with Gasteiger partial charge in [-0.3, -0.25) is 9.69 Å². The van der Waals surface area contributed by atoms with Crippen LogP contribution in [0.5, 0.6) is 5.75 Å². The van der Waals surface area contributed by atoms with E-state index in [0.29, 0.717) is 5.75 Å². The van der Waals surface area contributed by atoms with E-state index in [1.807, 2.05) is 18.2 Å². The summed E-state index contributed by atoms with van der Waals surface area (Å²) in [6.07, 6.45) is 3.01. The van der Waals surface area contributed by atoms with Crippen molar-refractivity contribution in [1.82, 2.24) is 4.90 Å². The summed E-state index contributed by atoms with van der Waals surface area (Å²) in [5, 5.41) is 19.0. The van der Waals surface area contributed by atoms with Gasteiger partial charge in [-0.25, -0.2) is 0 Å². The molecule has 0 aromatic heterocycles. The molecular weight excluding hydrogens is 242 g/mol. The van der Waals surface area contributed by atoms with Crippen molar-refractivity contribution >= 4 is 5.97 Å². The van der Waals surface area contributed by atoms with Crippen molar-refractivity contribution in [1.29, 1.82) is 0 Å². The molecule has 4 heteroatoms. The summed E-state index contributed by atoms with van der Waals surface area (Å²) in [6.45, 7) is 2.98. The highest BCUT2D eigenvalue weighted by Gasteiger charge is 2.32. The molecule has 2 N–H and O–H groups in total. The SMILES string of the molecule is CCC(c1ccccc1O)N1CCCC1CC(=O)O. The first kappa shape index (κ1) is 13.9. The van der Waals surface area contributed by atoms with E-state index in [2.05, 4.69) is 11.8 Å². The summed E-state index contributed by atoms with van der Waals surface area (Å²) in [6, 6.07) is 7.54. The van der Waals surface area contributed by atoms with Gasteiger partial charge in [0, 0.05) is 17.6 Å². The number of hydrogen-bond donors (Lipinski definition) is 2. The Morgan fingerprint density at radius 1 is 1.47 bits per heavy atom. The highest BCUT2D eigenvalue weighted by molar-refractivity contribution is 5.67. The first-order valence-corrected chi connectivity index (χ1v) is 6.89. The first-order chi connectivity index (χ1) is 9.13. The molecule has 2 unspecified atom stereocenters. The van der Waals surface area contributed by atoms with E-state index in [-0.39, 0.29) is 18.5 Å². The van der Waals surface area contributed by atoms with Crippen molar-refractivity contribution in [2.45, 2.75) is 44.7 Å². The van der Waals surface area contributed by atoms with Crippen molar-refractivity contribution in [2.24, 2.45) is 0 Å². The zero-order chi connectivity index (χ0) is 13.8. The van der Waals surface area contributed by atoms with Gasteiger partial charge in [0.15, 0.2) is 0 Å². The van der Waals surface area contributed by atoms with Gasteiger partial charge in [-0.2, -0.15) is 0 Å². The van der Waals surface area contributed by atoms with E-state index in [1.165, 1.54) is 0 Å². The first-order valence-electron chi connectivity index (χ1n) is 6.89. The summed E-state index contributed by atoms with van der Waals surface area (Å²) < 4.78 is 0. The molecule has 2 rings (SSSR count). The molecule has 0 aliphatic carbocycles. The van der Waals surface area contributed by atoms with E-state index in [4.69, 9.17) is 5.11 Å². The fourth-order valence-corrected chi connectivity index (χ4v) is 3.09. The molecule has 0 radical (unpaired) electrons. The number of phenolic OH excluding ortho intramolecular Hbond substituents is 1.